The lowest BCUT2D eigenvalue weighted by Gasteiger charge is -2.33. The zero-order valence-corrected chi connectivity index (χ0v) is 38.6. The van der Waals surface area contributed by atoms with Crippen LogP contribution in [0.3, 0.4) is 0 Å². The largest absolute Gasteiger partial charge is 0.508 e. The molecule has 67 heavy (non-hydrogen) atoms. The van der Waals surface area contributed by atoms with Crippen molar-refractivity contribution in [2.75, 3.05) is 27.2 Å². The minimum atomic E-state index is -2.38. The fourth-order valence-corrected chi connectivity index (χ4v) is 7.45. The van der Waals surface area contributed by atoms with Crippen molar-refractivity contribution in [3.8, 4) is 5.75 Å². The predicted molar refractivity (Wildman–Crippen MR) is 236 cm³/mol. The molecule has 1 aromatic carbocycles. The molecule has 0 spiro atoms. The number of aromatic hydroxyl groups is 1. The molecule has 2 fully saturated rings. The standard InChI is InChI=1S/C43H64N10O14/c1-8-24-42(65)52(6)19-31(56)50-33(35(58)36(45)59)40(63)51-32(22(5)67-7)43(66)53-18-21(4)15-28(53)39(62)49-26(16-23-11-9-10-12-29(23)54)37(60)48-27(17-30(44)55)38(61)47-25(14-13-20(2)3)34(57)41(64)46-24/h8-12,20-22,25-28,32-35,54,57-58H,13-19H2,1-7H3,(H2,44,55)(H2,45,59)(H,46,64)(H,47,61)(H,48,60)(H,49,62)(H,50,56)(H,51,63)/t21-,22+,25+,26-,27-,28-,32-,33+,34+,35-/m0/s1. The van der Waals surface area contributed by atoms with E-state index in [0.717, 1.165) is 22.9 Å². The second-order valence-electron chi connectivity index (χ2n) is 17.2. The van der Waals surface area contributed by atoms with Crippen LogP contribution in [0.1, 0.15) is 65.9 Å². The number of allylic oxidation sites excluding steroid dienone is 1. The summed E-state index contributed by atoms with van der Waals surface area (Å²) in [4.78, 5) is 138. The fourth-order valence-electron chi connectivity index (χ4n) is 7.45. The summed E-state index contributed by atoms with van der Waals surface area (Å²) in [5, 5.41) is 47.0. The van der Waals surface area contributed by atoms with Gasteiger partial charge in [0, 0.05) is 27.1 Å². The number of phenols is 1. The van der Waals surface area contributed by atoms with E-state index in [1.807, 2.05) is 13.8 Å². The smallest absolute Gasteiger partial charge is 0.270 e. The summed E-state index contributed by atoms with van der Waals surface area (Å²) in [6, 6.07) is -4.03. The van der Waals surface area contributed by atoms with Crippen LogP contribution in [0.15, 0.2) is 36.0 Å². The van der Waals surface area contributed by atoms with Gasteiger partial charge in [0.2, 0.25) is 47.3 Å². The quantitative estimate of drug-likeness (QED) is 0.0935. The number of methoxy groups -OCH3 is 1. The molecule has 13 N–H and O–H groups in total. The third kappa shape index (κ3) is 15.2. The van der Waals surface area contributed by atoms with E-state index in [2.05, 4.69) is 31.9 Å². The molecule has 24 heteroatoms. The predicted octanol–water partition coefficient (Wildman–Crippen LogP) is -4.36. The Bertz CT molecular complexity index is 2070. The number of hydrogen-bond acceptors (Lipinski definition) is 14. The molecule has 0 aliphatic carbocycles. The number of ether oxygens (including phenoxy) is 1. The molecule has 24 nitrogen and oxygen atoms in total. The van der Waals surface area contributed by atoms with Crippen LogP contribution < -0.4 is 43.4 Å². The monoisotopic (exact) mass is 944 g/mol. The highest BCUT2D eigenvalue weighted by Gasteiger charge is 2.45. The van der Waals surface area contributed by atoms with Crippen molar-refractivity contribution in [3.05, 3.63) is 41.6 Å². The first-order valence-corrected chi connectivity index (χ1v) is 21.7. The molecule has 370 valence electrons. The van der Waals surface area contributed by atoms with Gasteiger partial charge in [-0.3, -0.25) is 47.9 Å². The summed E-state index contributed by atoms with van der Waals surface area (Å²) in [6.07, 6.45) is -5.31. The van der Waals surface area contributed by atoms with Gasteiger partial charge in [0.15, 0.2) is 12.2 Å². The van der Waals surface area contributed by atoms with Crippen LogP contribution in [-0.4, -0.2) is 166 Å². The van der Waals surface area contributed by atoms with Gasteiger partial charge in [-0.25, -0.2) is 0 Å². The number of hydrogen-bond donors (Lipinski definition) is 11. The number of aliphatic hydroxyl groups is 2. The van der Waals surface area contributed by atoms with Crippen molar-refractivity contribution >= 4 is 59.1 Å². The summed E-state index contributed by atoms with van der Waals surface area (Å²) in [7, 11) is 2.34. The molecule has 0 radical (unpaired) electrons. The number of fused-ring (bicyclic) bond motifs is 1. The molecular formula is C43H64N10O14. The van der Waals surface area contributed by atoms with Crippen molar-refractivity contribution in [1.29, 1.82) is 0 Å². The molecule has 10 amide bonds. The first kappa shape index (κ1) is 54.7. The molecule has 2 saturated heterocycles. The van der Waals surface area contributed by atoms with Crippen LogP contribution in [0.25, 0.3) is 0 Å². The second-order valence-corrected chi connectivity index (χ2v) is 17.2. The fraction of sp³-hybridized carbons (Fsp3) is 0.581. The van der Waals surface area contributed by atoms with Crippen molar-refractivity contribution in [2.24, 2.45) is 23.3 Å². The zero-order valence-electron chi connectivity index (χ0n) is 38.6. The number of nitrogens with two attached hydrogens (primary N) is 2. The van der Waals surface area contributed by atoms with Crippen LogP contribution in [-0.2, 0) is 59.1 Å². The second kappa shape index (κ2) is 24.7. The highest BCUT2D eigenvalue weighted by Crippen LogP contribution is 2.26. The van der Waals surface area contributed by atoms with Crippen molar-refractivity contribution in [2.45, 2.75) is 121 Å². The normalized spacial score (nSPS) is 27.3. The number of para-hydroxylation sites is 1. The minimum Gasteiger partial charge on any atom is -0.508 e. The molecular weight excluding hydrogens is 881 g/mol. The minimum absolute atomic E-state index is 0.0234. The summed E-state index contributed by atoms with van der Waals surface area (Å²) < 4.78 is 5.39. The Labute approximate surface area is 387 Å². The number of rotatable bonds is 11. The number of aliphatic hydroxyl groups excluding tert-OH is 2. The molecule has 10 atom stereocenters. The number of primary amides is 2. The van der Waals surface area contributed by atoms with Gasteiger partial charge in [-0.05, 0) is 56.6 Å². The van der Waals surface area contributed by atoms with E-state index in [1.165, 1.54) is 39.2 Å². The number of carbonyl (C=O) groups excluding carboxylic acids is 10. The Morgan fingerprint density at radius 3 is 2.09 bits per heavy atom. The lowest BCUT2D eigenvalue weighted by atomic mass is 9.98. The van der Waals surface area contributed by atoms with E-state index in [4.69, 9.17) is 16.2 Å². The highest BCUT2D eigenvalue weighted by molar-refractivity contribution is 6.02. The molecule has 0 saturated carbocycles. The van der Waals surface area contributed by atoms with Crippen LogP contribution in [0.5, 0.6) is 5.75 Å². The van der Waals surface area contributed by atoms with Gasteiger partial charge < -0.3 is 73.2 Å². The molecule has 0 aromatic heterocycles. The maximum absolute atomic E-state index is 14.4. The lowest BCUT2D eigenvalue weighted by Crippen LogP contribution is -2.64. The van der Waals surface area contributed by atoms with E-state index in [9.17, 15) is 63.3 Å². The number of carbonyl (C=O) groups is 10. The average molecular weight is 945 g/mol. The molecule has 2 aliphatic heterocycles. The van der Waals surface area contributed by atoms with Gasteiger partial charge in [0.25, 0.3) is 11.8 Å². The molecule has 2 heterocycles. The van der Waals surface area contributed by atoms with Gasteiger partial charge in [0.05, 0.1) is 25.1 Å². The van der Waals surface area contributed by atoms with E-state index < -0.39 is 139 Å². The Kier molecular flexibility index (Phi) is 20.2. The van der Waals surface area contributed by atoms with Crippen molar-refractivity contribution in [1.82, 2.24) is 41.7 Å². The van der Waals surface area contributed by atoms with Crippen molar-refractivity contribution in [3.63, 3.8) is 0 Å². The Morgan fingerprint density at radius 2 is 1.51 bits per heavy atom. The molecule has 0 bridgehead atoms. The first-order valence-electron chi connectivity index (χ1n) is 21.7. The first-order chi connectivity index (χ1) is 31.4. The Hall–Kier alpha value is -6.66. The van der Waals surface area contributed by atoms with Gasteiger partial charge in [-0.15, -0.1) is 0 Å². The Morgan fingerprint density at radius 1 is 0.881 bits per heavy atom. The van der Waals surface area contributed by atoms with Gasteiger partial charge in [-0.2, -0.15) is 0 Å². The number of amides is 10. The summed E-state index contributed by atoms with van der Waals surface area (Å²) in [5.41, 5.74) is 10.5. The highest BCUT2D eigenvalue weighted by atomic mass is 16.5. The number of likely N-dealkylation sites (N-methyl/N-ethyl adjacent to an activating group) is 1. The van der Waals surface area contributed by atoms with Gasteiger partial charge >= 0.3 is 0 Å². The van der Waals surface area contributed by atoms with Crippen LogP contribution in [0.2, 0.25) is 0 Å². The van der Waals surface area contributed by atoms with E-state index in [1.54, 1.807) is 13.0 Å². The van der Waals surface area contributed by atoms with E-state index in [-0.39, 0.29) is 42.5 Å². The summed E-state index contributed by atoms with van der Waals surface area (Å²) in [6.45, 7) is 7.21. The van der Waals surface area contributed by atoms with Gasteiger partial charge in [-0.1, -0.05) is 45.0 Å². The van der Waals surface area contributed by atoms with E-state index >= 15 is 0 Å². The third-order valence-corrected chi connectivity index (χ3v) is 11.3. The molecule has 0 unspecified atom stereocenters. The maximum Gasteiger partial charge on any atom is 0.270 e. The summed E-state index contributed by atoms with van der Waals surface area (Å²) >= 11 is 0. The topological polar surface area (TPSA) is 371 Å². The SMILES string of the molecule is CC=C1NC(=O)[C@H](O)[C@@H](CCC(C)C)NC(=O)[C@H](CC(N)=O)NC(=O)[C@H](Cc2ccccc2O)NC(=O)[C@@H]2C[C@H](C)CN2C(=O)[C@H]([C@@H](C)OC)NC(=O)[C@@H]([C@H](O)C(N)=O)NC(=O)CN(C)C1=O. The number of benzene rings is 1. The van der Waals surface area contributed by atoms with Crippen LogP contribution in [0.4, 0.5) is 0 Å². The van der Waals surface area contributed by atoms with Gasteiger partial charge in [0.1, 0.15) is 41.7 Å². The number of nitrogens with one attached hydrogen (secondary N) is 6. The Balaban J connectivity index is 2.22. The molecule has 1 aromatic rings. The number of nitrogens with zero attached hydrogens (tertiary/aromatic N) is 2. The molecule has 3 rings (SSSR count). The summed E-state index contributed by atoms with van der Waals surface area (Å²) in [5.74, 6) is -11.6. The van der Waals surface area contributed by atoms with E-state index in [0.29, 0.717) is 6.42 Å². The van der Waals surface area contributed by atoms with Crippen LogP contribution >= 0.6 is 0 Å². The number of phenolic OH excluding ortho intramolecular Hbond substituents is 1. The third-order valence-electron chi connectivity index (χ3n) is 11.3. The van der Waals surface area contributed by atoms with Crippen molar-refractivity contribution < 1.29 is 68.0 Å². The molecule has 2 aliphatic rings. The lowest BCUT2D eigenvalue weighted by molar-refractivity contribution is -0.146. The van der Waals surface area contributed by atoms with Crippen LogP contribution in [0, 0.1) is 11.8 Å². The average Bonchev–Trinajstić information content (AvgIpc) is 3.67. The maximum atomic E-state index is 14.4. The zero-order chi connectivity index (χ0) is 50.4.